The van der Waals surface area contributed by atoms with Crippen molar-refractivity contribution in [2.45, 2.75) is 0 Å². The van der Waals surface area contributed by atoms with Crippen molar-refractivity contribution in [1.29, 1.82) is 0 Å². The molecule has 0 radical (unpaired) electrons. The number of nitrogens with zero attached hydrogens (tertiary/aromatic N) is 2. The predicted molar refractivity (Wildman–Crippen MR) is 82.0 cm³/mol. The minimum Gasteiger partial charge on any atom is -0.478 e. The molecule has 3 rings (SSSR count). The van der Waals surface area contributed by atoms with Gasteiger partial charge in [0.2, 0.25) is 0 Å². The summed E-state index contributed by atoms with van der Waals surface area (Å²) in [4.78, 5) is 19.9. The second kappa shape index (κ2) is 5.31. The van der Waals surface area contributed by atoms with E-state index in [9.17, 15) is 9.90 Å². The minimum atomic E-state index is -1.06. The third-order valence-corrected chi connectivity index (χ3v) is 3.54. The summed E-state index contributed by atoms with van der Waals surface area (Å²) in [6.07, 6.45) is 3.23. The Morgan fingerprint density at radius 2 is 1.81 bits per heavy atom. The summed E-state index contributed by atoms with van der Waals surface area (Å²) in [7, 11) is 0. The highest BCUT2D eigenvalue weighted by Gasteiger charge is 2.15. The number of fused-ring (bicyclic) bond motifs is 1. The third kappa shape index (κ3) is 2.55. The molecule has 1 N–H and O–H groups in total. The van der Waals surface area contributed by atoms with Gasteiger partial charge in [0.05, 0.1) is 21.8 Å². The molecule has 4 nitrogen and oxygen atoms in total. The smallest absolute Gasteiger partial charge is 0.336 e. The molecule has 2 aromatic heterocycles. The molecule has 0 spiro atoms. The summed E-state index contributed by atoms with van der Waals surface area (Å²) in [5.41, 5.74) is 1.80. The number of halogens is 2. The molecule has 1 aromatic carbocycles. The quantitative estimate of drug-likeness (QED) is 0.765. The molecule has 0 aliphatic rings. The Labute approximate surface area is 130 Å². The number of carboxylic acid groups (broad SMARTS) is 1. The lowest BCUT2D eigenvalue weighted by molar-refractivity contribution is 0.0699. The summed E-state index contributed by atoms with van der Waals surface area (Å²) in [5.74, 6) is -1.06. The van der Waals surface area contributed by atoms with Crippen LogP contribution < -0.4 is 0 Å². The number of rotatable bonds is 2. The molecule has 0 atom stereocenters. The largest absolute Gasteiger partial charge is 0.478 e. The molecule has 104 valence electrons. The van der Waals surface area contributed by atoms with Gasteiger partial charge in [-0.05, 0) is 30.3 Å². The molecule has 0 saturated carbocycles. The van der Waals surface area contributed by atoms with Crippen molar-refractivity contribution >= 4 is 40.1 Å². The number of hydrogen-bond donors (Lipinski definition) is 1. The number of benzene rings is 1. The van der Waals surface area contributed by atoms with Crippen LogP contribution in [0.2, 0.25) is 10.0 Å². The first-order valence-corrected chi connectivity index (χ1v) is 6.75. The number of aromatic nitrogens is 2. The van der Waals surface area contributed by atoms with Crippen LogP contribution in [0.25, 0.3) is 22.2 Å². The van der Waals surface area contributed by atoms with Crippen molar-refractivity contribution < 1.29 is 9.90 Å². The van der Waals surface area contributed by atoms with E-state index < -0.39 is 5.97 Å². The molecule has 0 fully saturated rings. The van der Waals surface area contributed by atoms with E-state index in [0.717, 1.165) is 5.56 Å². The maximum absolute atomic E-state index is 11.5. The Hall–Kier alpha value is -2.17. The van der Waals surface area contributed by atoms with Crippen LogP contribution in [-0.4, -0.2) is 21.0 Å². The minimum absolute atomic E-state index is 0.108. The zero-order chi connectivity index (χ0) is 15.0. The summed E-state index contributed by atoms with van der Waals surface area (Å²) in [6, 6.07) is 8.11. The molecule has 0 aliphatic carbocycles. The van der Waals surface area contributed by atoms with Gasteiger partial charge in [0, 0.05) is 28.4 Å². The van der Waals surface area contributed by atoms with E-state index in [1.807, 2.05) is 0 Å². The van der Waals surface area contributed by atoms with Crippen molar-refractivity contribution in [3.8, 4) is 11.3 Å². The lowest BCUT2D eigenvalue weighted by atomic mass is 10.0. The average molecular weight is 319 g/mol. The van der Waals surface area contributed by atoms with Crippen molar-refractivity contribution in [3.05, 3.63) is 58.3 Å². The normalized spacial score (nSPS) is 10.8. The number of aromatic carboxylic acids is 1. The number of hydrogen-bond acceptors (Lipinski definition) is 3. The van der Waals surface area contributed by atoms with Crippen molar-refractivity contribution in [1.82, 2.24) is 9.97 Å². The maximum Gasteiger partial charge on any atom is 0.336 e. The Bertz CT molecular complexity index is 851. The summed E-state index contributed by atoms with van der Waals surface area (Å²) in [5, 5.41) is 10.5. The van der Waals surface area contributed by atoms with Gasteiger partial charge in [-0.3, -0.25) is 4.98 Å². The van der Waals surface area contributed by atoms with E-state index in [0.29, 0.717) is 26.6 Å². The highest BCUT2D eigenvalue weighted by Crippen LogP contribution is 2.31. The van der Waals surface area contributed by atoms with Crippen LogP contribution in [0.3, 0.4) is 0 Å². The lowest BCUT2D eigenvalue weighted by Gasteiger charge is -2.08. The molecule has 0 unspecified atom stereocenters. The van der Waals surface area contributed by atoms with Crippen LogP contribution in [0.5, 0.6) is 0 Å². The summed E-state index contributed by atoms with van der Waals surface area (Å²) < 4.78 is 0. The molecule has 0 saturated heterocycles. The van der Waals surface area contributed by atoms with Gasteiger partial charge in [0.1, 0.15) is 0 Å². The zero-order valence-electron chi connectivity index (χ0n) is 10.5. The Kier molecular flexibility index (Phi) is 3.49. The second-order valence-electron chi connectivity index (χ2n) is 4.38. The predicted octanol–water partition coefficient (Wildman–Crippen LogP) is 4.30. The van der Waals surface area contributed by atoms with E-state index in [2.05, 4.69) is 9.97 Å². The average Bonchev–Trinajstić information content (AvgIpc) is 2.47. The Morgan fingerprint density at radius 3 is 2.48 bits per heavy atom. The van der Waals surface area contributed by atoms with Gasteiger partial charge in [-0.1, -0.05) is 23.2 Å². The SMILES string of the molecule is O=C(O)c1cc(-c2ccncc2)nc2c(Cl)cc(Cl)cc12. The number of carbonyl (C=O) groups is 1. The Morgan fingerprint density at radius 1 is 1.10 bits per heavy atom. The fraction of sp³-hybridized carbons (Fsp3) is 0. The maximum atomic E-state index is 11.5. The number of pyridine rings is 2. The van der Waals surface area contributed by atoms with Crippen molar-refractivity contribution in [3.63, 3.8) is 0 Å². The van der Waals surface area contributed by atoms with Gasteiger partial charge in [-0.15, -0.1) is 0 Å². The van der Waals surface area contributed by atoms with Gasteiger partial charge in [0.15, 0.2) is 0 Å². The van der Waals surface area contributed by atoms with Crippen LogP contribution in [-0.2, 0) is 0 Å². The third-order valence-electron chi connectivity index (χ3n) is 3.04. The van der Waals surface area contributed by atoms with E-state index in [-0.39, 0.29) is 5.56 Å². The zero-order valence-corrected chi connectivity index (χ0v) is 12.1. The topological polar surface area (TPSA) is 63.1 Å². The van der Waals surface area contributed by atoms with Gasteiger partial charge >= 0.3 is 5.97 Å². The molecule has 3 aromatic rings. The molecule has 0 bridgehead atoms. The van der Waals surface area contributed by atoms with E-state index in [1.54, 1.807) is 36.7 Å². The summed E-state index contributed by atoms with van der Waals surface area (Å²) >= 11 is 12.1. The first kappa shape index (κ1) is 13.8. The first-order chi connectivity index (χ1) is 10.1. The van der Waals surface area contributed by atoms with Crippen LogP contribution >= 0.6 is 23.2 Å². The van der Waals surface area contributed by atoms with Gasteiger partial charge < -0.3 is 5.11 Å². The molecule has 2 heterocycles. The van der Waals surface area contributed by atoms with Crippen LogP contribution in [0.1, 0.15) is 10.4 Å². The summed E-state index contributed by atoms with van der Waals surface area (Å²) in [6.45, 7) is 0. The van der Waals surface area contributed by atoms with Gasteiger partial charge in [0.25, 0.3) is 0 Å². The van der Waals surface area contributed by atoms with E-state index in [1.165, 1.54) is 6.07 Å². The standard InChI is InChI=1S/C15H8Cl2N2O2/c16-9-5-10-11(15(20)21)7-13(8-1-3-18-4-2-8)19-14(10)12(17)6-9/h1-7H,(H,20,21). The van der Waals surface area contributed by atoms with Crippen LogP contribution in [0.15, 0.2) is 42.7 Å². The van der Waals surface area contributed by atoms with E-state index >= 15 is 0 Å². The fourth-order valence-corrected chi connectivity index (χ4v) is 2.64. The van der Waals surface area contributed by atoms with Crippen molar-refractivity contribution in [2.24, 2.45) is 0 Å². The van der Waals surface area contributed by atoms with Crippen molar-refractivity contribution in [2.75, 3.05) is 0 Å². The monoisotopic (exact) mass is 318 g/mol. The molecular formula is C15H8Cl2N2O2. The molecule has 0 aliphatic heterocycles. The molecule has 21 heavy (non-hydrogen) atoms. The van der Waals surface area contributed by atoms with Crippen LogP contribution in [0, 0.1) is 0 Å². The first-order valence-electron chi connectivity index (χ1n) is 6.00. The second-order valence-corrected chi connectivity index (χ2v) is 5.22. The fourth-order valence-electron chi connectivity index (χ4n) is 2.10. The number of carboxylic acids is 1. The highest BCUT2D eigenvalue weighted by molar-refractivity contribution is 6.38. The van der Waals surface area contributed by atoms with Gasteiger partial charge in [-0.2, -0.15) is 0 Å². The molecule has 0 amide bonds. The lowest BCUT2D eigenvalue weighted by Crippen LogP contribution is -2.00. The molecule has 6 heteroatoms. The highest BCUT2D eigenvalue weighted by atomic mass is 35.5. The molecular weight excluding hydrogens is 311 g/mol. The Balaban J connectivity index is 2.38. The van der Waals surface area contributed by atoms with Crippen LogP contribution in [0.4, 0.5) is 0 Å². The van der Waals surface area contributed by atoms with Gasteiger partial charge in [-0.25, -0.2) is 9.78 Å². The van der Waals surface area contributed by atoms with E-state index in [4.69, 9.17) is 23.2 Å².